The number of esters is 1. The maximum atomic E-state index is 11.3. The zero-order valence-corrected chi connectivity index (χ0v) is 12.9. The molecule has 2 fully saturated rings. The van der Waals surface area contributed by atoms with Crippen LogP contribution >= 0.6 is 0 Å². The summed E-state index contributed by atoms with van der Waals surface area (Å²) in [6, 6.07) is 0. The first-order valence-corrected chi connectivity index (χ1v) is 8.60. The fourth-order valence-electron chi connectivity index (χ4n) is 3.90. The van der Waals surface area contributed by atoms with Crippen LogP contribution in [0.3, 0.4) is 0 Å². The summed E-state index contributed by atoms with van der Waals surface area (Å²) in [5.74, 6) is 0.529. The van der Waals surface area contributed by atoms with Gasteiger partial charge in [0.05, 0.1) is 12.5 Å². The lowest BCUT2D eigenvalue weighted by atomic mass is 9.87. The van der Waals surface area contributed by atoms with Crippen molar-refractivity contribution in [3.63, 3.8) is 0 Å². The second kappa shape index (κ2) is 8.02. The third-order valence-corrected chi connectivity index (χ3v) is 5.07. The fourth-order valence-corrected chi connectivity index (χ4v) is 3.90. The van der Waals surface area contributed by atoms with Crippen molar-refractivity contribution in [2.24, 2.45) is 11.8 Å². The zero-order chi connectivity index (χ0) is 14.4. The molecule has 4 atom stereocenters. The van der Waals surface area contributed by atoms with Gasteiger partial charge in [0.1, 0.15) is 6.10 Å². The van der Waals surface area contributed by atoms with Crippen molar-refractivity contribution in [2.75, 3.05) is 0 Å². The molecule has 0 radical (unpaired) electrons. The van der Waals surface area contributed by atoms with E-state index >= 15 is 0 Å². The van der Waals surface area contributed by atoms with E-state index < -0.39 is 0 Å². The van der Waals surface area contributed by atoms with Gasteiger partial charge in [0.15, 0.2) is 0 Å². The summed E-state index contributed by atoms with van der Waals surface area (Å²) in [5, 5.41) is 10.1. The van der Waals surface area contributed by atoms with Crippen LogP contribution in [0.2, 0.25) is 0 Å². The first kappa shape index (κ1) is 15.8. The van der Waals surface area contributed by atoms with Crippen LogP contribution in [0.5, 0.6) is 0 Å². The molecule has 1 heterocycles. The minimum atomic E-state index is -0.248. The van der Waals surface area contributed by atoms with Gasteiger partial charge in [-0.2, -0.15) is 0 Å². The SMILES string of the molecule is CCCCCCCCCC[C@H]1C(O)CC2OC(=O)CC21. The highest BCUT2D eigenvalue weighted by Crippen LogP contribution is 2.43. The summed E-state index contributed by atoms with van der Waals surface area (Å²) in [6.45, 7) is 2.25. The number of rotatable bonds is 9. The number of carbonyl (C=O) groups excluding carboxylic acids is 1. The number of unbranched alkanes of at least 4 members (excludes halogenated alkanes) is 7. The third kappa shape index (κ3) is 4.21. The van der Waals surface area contributed by atoms with Crippen LogP contribution in [0.25, 0.3) is 0 Å². The largest absolute Gasteiger partial charge is 0.462 e. The lowest BCUT2D eigenvalue weighted by Gasteiger charge is -2.18. The van der Waals surface area contributed by atoms with E-state index in [9.17, 15) is 9.90 Å². The molecule has 0 aromatic carbocycles. The van der Waals surface area contributed by atoms with E-state index in [1.165, 1.54) is 51.4 Å². The van der Waals surface area contributed by atoms with Crippen LogP contribution in [0.4, 0.5) is 0 Å². The van der Waals surface area contributed by atoms with Gasteiger partial charge >= 0.3 is 5.97 Å². The van der Waals surface area contributed by atoms with Crippen LogP contribution in [-0.4, -0.2) is 23.3 Å². The summed E-state index contributed by atoms with van der Waals surface area (Å²) in [6.07, 6.45) is 12.6. The first-order chi connectivity index (χ1) is 9.72. The van der Waals surface area contributed by atoms with Crippen molar-refractivity contribution in [2.45, 2.75) is 89.8 Å². The van der Waals surface area contributed by atoms with Crippen molar-refractivity contribution in [1.82, 2.24) is 0 Å². The molecular weight excluding hydrogens is 252 g/mol. The van der Waals surface area contributed by atoms with E-state index in [0.29, 0.717) is 24.7 Å². The molecule has 20 heavy (non-hydrogen) atoms. The molecule has 1 saturated carbocycles. The van der Waals surface area contributed by atoms with E-state index in [4.69, 9.17) is 4.74 Å². The van der Waals surface area contributed by atoms with E-state index in [2.05, 4.69) is 6.92 Å². The zero-order valence-electron chi connectivity index (χ0n) is 12.9. The second-order valence-corrected chi connectivity index (χ2v) is 6.63. The molecule has 116 valence electrons. The number of carbonyl (C=O) groups is 1. The van der Waals surface area contributed by atoms with Gasteiger partial charge in [-0.25, -0.2) is 0 Å². The third-order valence-electron chi connectivity index (χ3n) is 5.07. The Balaban J connectivity index is 1.56. The van der Waals surface area contributed by atoms with E-state index in [-0.39, 0.29) is 18.2 Å². The number of aliphatic hydroxyl groups excluding tert-OH is 1. The number of ether oxygens (including phenoxy) is 1. The van der Waals surface area contributed by atoms with Gasteiger partial charge in [-0.3, -0.25) is 4.79 Å². The molecule has 3 nitrogen and oxygen atoms in total. The highest BCUT2D eigenvalue weighted by Gasteiger charge is 2.48. The molecule has 1 N–H and O–H groups in total. The van der Waals surface area contributed by atoms with Gasteiger partial charge in [0, 0.05) is 12.3 Å². The van der Waals surface area contributed by atoms with Crippen molar-refractivity contribution >= 4 is 5.97 Å². The molecular formula is C17H30O3. The van der Waals surface area contributed by atoms with Crippen molar-refractivity contribution < 1.29 is 14.6 Å². The number of fused-ring (bicyclic) bond motifs is 1. The minimum absolute atomic E-state index is 0.0107. The van der Waals surface area contributed by atoms with Crippen molar-refractivity contribution in [3.05, 3.63) is 0 Å². The van der Waals surface area contributed by atoms with E-state index in [1.54, 1.807) is 0 Å². The highest BCUT2D eigenvalue weighted by molar-refractivity contribution is 5.72. The molecule has 1 aliphatic heterocycles. The standard InChI is InChI=1S/C17H30O3/c1-2-3-4-5-6-7-8-9-10-13-14-11-17(19)20-16(14)12-15(13)18/h13-16,18H,2-12H2,1H3/t13-,14?,15?,16?/m1/s1. The molecule has 2 rings (SSSR count). The van der Waals surface area contributed by atoms with Crippen LogP contribution in [0.15, 0.2) is 0 Å². The Bertz CT molecular complexity index is 303. The molecule has 0 spiro atoms. The number of hydrogen-bond donors (Lipinski definition) is 1. The molecule has 0 aromatic rings. The topological polar surface area (TPSA) is 46.5 Å². The van der Waals surface area contributed by atoms with Gasteiger partial charge in [-0.05, 0) is 12.3 Å². The molecule has 0 bridgehead atoms. The quantitative estimate of drug-likeness (QED) is 0.516. The van der Waals surface area contributed by atoms with Gasteiger partial charge in [-0.1, -0.05) is 58.3 Å². The fraction of sp³-hybridized carbons (Fsp3) is 0.941. The number of hydrogen-bond acceptors (Lipinski definition) is 3. The van der Waals surface area contributed by atoms with E-state index in [1.807, 2.05) is 0 Å². The number of aliphatic hydroxyl groups is 1. The van der Waals surface area contributed by atoms with Crippen molar-refractivity contribution in [3.8, 4) is 0 Å². The lowest BCUT2D eigenvalue weighted by Crippen LogP contribution is -2.19. The molecule has 0 amide bonds. The summed E-state index contributed by atoms with van der Waals surface area (Å²) in [7, 11) is 0. The van der Waals surface area contributed by atoms with Crippen LogP contribution in [0, 0.1) is 11.8 Å². The predicted octanol–water partition coefficient (Wildman–Crippen LogP) is 3.83. The molecule has 1 saturated heterocycles. The maximum absolute atomic E-state index is 11.3. The van der Waals surface area contributed by atoms with Crippen LogP contribution in [0.1, 0.15) is 77.6 Å². The summed E-state index contributed by atoms with van der Waals surface area (Å²) in [4.78, 5) is 11.3. The summed E-state index contributed by atoms with van der Waals surface area (Å²) in [5.41, 5.74) is 0. The Morgan fingerprint density at radius 3 is 2.45 bits per heavy atom. The Hall–Kier alpha value is -0.570. The Kier molecular flexibility index (Phi) is 6.34. The van der Waals surface area contributed by atoms with Crippen LogP contribution in [-0.2, 0) is 9.53 Å². The monoisotopic (exact) mass is 282 g/mol. The van der Waals surface area contributed by atoms with Crippen LogP contribution < -0.4 is 0 Å². The minimum Gasteiger partial charge on any atom is -0.462 e. The Morgan fingerprint density at radius 2 is 1.75 bits per heavy atom. The van der Waals surface area contributed by atoms with Gasteiger partial charge in [-0.15, -0.1) is 0 Å². The maximum Gasteiger partial charge on any atom is 0.306 e. The van der Waals surface area contributed by atoms with Gasteiger partial charge in [0.2, 0.25) is 0 Å². The lowest BCUT2D eigenvalue weighted by molar-refractivity contribution is -0.141. The molecule has 0 aromatic heterocycles. The predicted molar refractivity (Wildman–Crippen MR) is 79.3 cm³/mol. The average molecular weight is 282 g/mol. The first-order valence-electron chi connectivity index (χ1n) is 8.60. The van der Waals surface area contributed by atoms with E-state index in [0.717, 1.165) is 6.42 Å². The van der Waals surface area contributed by atoms with Gasteiger partial charge < -0.3 is 9.84 Å². The van der Waals surface area contributed by atoms with Crippen molar-refractivity contribution in [1.29, 1.82) is 0 Å². The average Bonchev–Trinajstić information content (AvgIpc) is 2.89. The molecule has 3 heteroatoms. The molecule has 2 aliphatic rings. The van der Waals surface area contributed by atoms with Gasteiger partial charge in [0.25, 0.3) is 0 Å². The second-order valence-electron chi connectivity index (χ2n) is 6.63. The molecule has 3 unspecified atom stereocenters. The summed E-state index contributed by atoms with van der Waals surface area (Å²) >= 11 is 0. The normalized spacial score (nSPS) is 32.4. The Morgan fingerprint density at radius 1 is 1.10 bits per heavy atom. The Labute approximate surface area is 123 Å². The highest BCUT2D eigenvalue weighted by atomic mass is 16.6. The molecule has 1 aliphatic carbocycles. The smallest absolute Gasteiger partial charge is 0.306 e. The summed E-state index contributed by atoms with van der Waals surface area (Å²) < 4.78 is 5.27.